The molecule has 1 heteroatoms. The van der Waals surface area contributed by atoms with Gasteiger partial charge in [-0.15, -0.1) is 0 Å². The van der Waals surface area contributed by atoms with Crippen LogP contribution in [-0.2, 0) is 0 Å². The zero-order valence-corrected chi connectivity index (χ0v) is 11.8. The molecule has 0 spiro atoms. The maximum atomic E-state index is 8.99. The Balaban J connectivity index is 2.42. The third-order valence-electron chi connectivity index (χ3n) is 3.20. The van der Waals surface area contributed by atoms with Crippen molar-refractivity contribution >= 4 is 11.6 Å². The number of rotatable bonds is 5. The number of aliphatic hydroxyl groups excluding tert-OH is 1. The average molecular weight is 264 g/mol. The van der Waals surface area contributed by atoms with Crippen LogP contribution in [0.3, 0.4) is 0 Å². The standard InChI is InChI=1S/C19H20O/c1-16(9-8-14-20)19(18-12-6-3-7-13-18)15-17-10-4-2-5-11-17/h2-7,9-13,15,20H,8,14H2,1H3/b16-9+,19-15+. The second-order valence-electron chi connectivity index (χ2n) is 4.73. The topological polar surface area (TPSA) is 20.2 Å². The Morgan fingerprint density at radius 1 is 0.950 bits per heavy atom. The molecule has 0 bridgehead atoms. The highest BCUT2D eigenvalue weighted by atomic mass is 16.2. The summed E-state index contributed by atoms with van der Waals surface area (Å²) in [5.74, 6) is 0. The fourth-order valence-corrected chi connectivity index (χ4v) is 2.15. The third kappa shape index (κ3) is 3.94. The second kappa shape index (κ2) is 7.46. The molecule has 0 saturated heterocycles. The van der Waals surface area contributed by atoms with Crippen LogP contribution in [0, 0.1) is 0 Å². The molecular weight excluding hydrogens is 244 g/mol. The van der Waals surface area contributed by atoms with E-state index in [1.54, 1.807) is 0 Å². The molecule has 2 aromatic rings. The zero-order chi connectivity index (χ0) is 14.2. The predicted octanol–water partition coefficient (Wildman–Crippen LogP) is 4.56. The van der Waals surface area contributed by atoms with Crippen molar-refractivity contribution in [2.45, 2.75) is 13.3 Å². The van der Waals surface area contributed by atoms with E-state index in [0.717, 1.165) is 0 Å². The molecule has 0 radical (unpaired) electrons. The largest absolute Gasteiger partial charge is 0.396 e. The molecule has 0 saturated carbocycles. The summed E-state index contributed by atoms with van der Waals surface area (Å²) in [5, 5.41) is 8.99. The van der Waals surface area contributed by atoms with Crippen LogP contribution in [-0.4, -0.2) is 11.7 Å². The van der Waals surface area contributed by atoms with E-state index >= 15 is 0 Å². The molecule has 102 valence electrons. The molecule has 2 rings (SSSR count). The van der Waals surface area contributed by atoms with Crippen LogP contribution in [0.15, 0.2) is 72.3 Å². The summed E-state index contributed by atoms with van der Waals surface area (Å²) >= 11 is 0. The van der Waals surface area contributed by atoms with Gasteiger partial charge in [0.15, 0.2) is 0 Å². The van der Waals surface area contributed by atoms with Gasteiger partial charge in [0.2, 0.25) is 0 Å². The molecule has 1 N–H and O–H groups in total. The molecule has 0 aliphatic carbocycles. The van der Waals surface area contributed by atoms with Crippen molar-refractivity contribution in [2.24, 2.45) is 0 Å². The minimum atomic E-state index is 0.185. The average Bonchev–Trinajstić information content (AvgIpc) is 2.52. The number of aliphatic hydroxyl groups is 1. The highest BCUT2D eigenvalue weighted by molar-refractivity contribution is 5.90. The van der Waals surface area contributed by atoms with Crippen molar-refractivity contribution < 1.29 is 5.11 Å². The fourth-order valence-electron chi connectivity index (χ4n) is 2.15. The molecule has 1 nitrogen and oxygen atoms in total. The first-order valence-electron chi connectivity index (χ1n) is 6.91. The van der Waals surface area contributed by atoms with Crippen molar-refractivity contribution in [3.8, 4) is 0 Å². The van der Waals surface area contributed by atoms with Gasteiger partial charge in [-0.1, -0.05) is 66.7 Å². The van der Waals surface area contributed by atoms with Crippen molar-refractivity contribution in [1.29, 1.82) is 0 Å². The number of benzene rings is 2. The first-order valence-corrected chi connectivity index (χ1v) is 6.91. The molecule has 0 unspecified atom stereocenters. The molecule has 20 heavy (non-hydrogen) atoms. The molecule has 0 amide bonds. The van der Waals surface area contributed by atoms with Crippen LogP contribution in [0.5, 0.6) is 0 Å². The van der Waals surface area contributed by atoms with E-state index in [-0.39, 0.29) is 6.61 Å². The summed E-state index contributed by atoms with van der Waals surface area (Å²) in [6, 6.07) is 20.7. The van der Waals surface area contributed by atoms with Gasteiger partial charge in [0.25, 0.3) is 0 Å². The quantitative estimate of drug-likeness (QED) is 0.620. The van der Waals surface area contributed by atoms with Gasteiger partial charge in [-0.3, -0.25) is 0 Å². The van der Waals surface area contributed by atoms with E-state index in [2.05, 4.69) is 43.3 Å². The molecule has 0 atom stereocenters. The van der Waals surface area contributed by atoms with Crippen molar-refractivity contribution in [2.75, 3.05) is 6.61 Å². The van der Waals surface area contributed by atoms with Crippen LogP contribution < -0.4 is 0 Å². The summed E-state index contributed by atoms with van der Waals surface area (Å²) in [7, 11) is 0. The van der Waals surface area contributed by atoms with Crippen LogP contribution >= 0.6 is 0 Å². The smallest absolute Gasteiger partial charge is 0.0465 e. The molecule has 0 heterocycles. The Kier molecular flexibility index (Phi) is 5.33. The normalized spacial score (nSPS) is 12.5. The lowest BCUT2D eigenvalue weighted by Crippen LogP contribution is -1.88. The minimum absolute atomic E-state index is 0.185. The first kappa shape index (κ1) is 14.3. The van der Waals surface area contributed by atoms with Crippen LogP contribution in [0.25, 0.3) is 11.6 Å². The Hall–Kier alpha value is -2.12. The highest BCUT2D eigenvalue weighted by Gasteiger charge is 2.03. The second-order valence-corrected chi connectivity index (χ2v) is 4.73. The van der Waals surface area contributed by atoms with Gasteiger partial charge < -0.3 is 5.11 Å². The van der Waals surface area contributed by atoms with E-state index in [1.165, 1.54) is 22.3 Å². The van der Waals surface area contributed by atoms with Gasteiger partial charge in [0.05, 0.1) is 0 Å². The van der Waals surface area contributed by atoms with Gasteiger partial charge in [-0.2, -0.15) is 0 Å². The van der Waals surface area contributed by atoms with E-state index in [4.69, 9.17) is 5.11 Å². The molecular formula is C19H20O. The maximum absolute atomic E-state index is 8.99. The van der Waals surface area contributed by atoms with Crippen LogP contribution in [0.4, 0.5) is 0 Å². The molecule has 2 aromatic carbocycles. The summed E-state index contributed by atoms with van der Waals surface area (Å²) < 4.78 is 0. The molecule has 0 aromatic heterocycles. The summed E-state index contributed by atoms with van der Waals surface area (Å²) in [4.78, 5) is 0. The summed E-state index contributed by atoms with van der Waals surface area (Å²) in [5.41, 5.74) is 4.77. The van der Waals surface area contributed by atoms with Crippen molar-refractivity contribution in [3.05, 3.63) is 83.4 Å². The summed E-state index contributed by atoms with van der Waals surface area (Å²) in [6.07, 6.45) is 4.96. The Morgan fingerprint density at radius 3 is 2.15 bits per heavy atom. The third-order valence-corrected chi connectivity index (χ3v) is 3.20. The Bertz CT molecular complexity index is 580. The van der Waals surface area contributed by atoms with Crippen molar-refractivity contribution in [1.82, 2.24) is 0 Å². The minimum Gasteiger partial charge on any atom is -0.396 e. The molecule has 0 fully saturated rings. The van der Waals surface area contributed by atoms with Gasteiger partial charge in [-0.05, 0) is 41.7 Å². The molecule has 0 aliphatic rings. The van der Waals surface area contributed by atoms with Gasteiger partial charge >= 0.3 is 0 Å². The van der Waals surface area contributed by atoms with Crippen LogP contribution in [0.2, 0.25) is 0 Å². The summed E-state index contributed by atoms with van der Waals surface area (Å²) in [6.45, 7) is 2.28. The van der Waals surface area contributed by atoms with E-state index in [0.29, 0.717) is 6.42 Å². The first-order chi connectivity index (χ1) is 9.81. The molecule has 0 aliphatic heterocycles. The van der Waals surface area contributed by atoms with Crippen LogP contribution in [0.1, 0.15) is 24.5 Å². The predicted molar refractivity (Wildman–Crippen MR) is 86.2 cm³/mol. The van der Waals surface area contributed by atoms with E-state index in [9.17, 15) is 0 Å². The number of allylic oxidation sites excluding steroid dienone is 2. The zero-order valence-electron chi connectivity index (χ0n) is 11.8. The van der Waals surface area contributed by atoms with E-state index < -0.39 is 0 Å². The SMILES string of the molecule is CC(=C\CCO)/C(=C\c1ccccc1)c1ccccc1. The van der Waals surface area contributed by atoms with Gasteiger partial charge in [0, 0.05) is 6.61 Å². The van der Waals surface area contributed by atoms with Crippen molar-refractivity contribution in [3.63, 3.8) is 0 Å². The Labute approximate surface area is 120 Å². The number of hydrogen-bond acceptors (Lipinski definition) is 1. The monoisotopic (exact) mass is 264 g/mol. The fraction of sp³-hybridized carbons (Fsp3) is 0.158. The van der Waals surface area contributed by atoms with E-state index in [1.807, 2.05) is 36.4 Å². The lowest BCUT2D eigenvalue weighted by molar-refractivity contribution is 0.302. The maximum Gasteiger partial charge on any atom is 0.0465 e. The number of hydrogen-bond donors (Lipinski definition) is 1. The Morgan fingerprint density at radius 2 is 1.55 bits per heavy atom. The lowest BCUT2D eigenvalue weighted by atomic mass is 9.96. The van der Waals surface area contributed by atoms with Gasteiger partial charge in [-0.25, -0.2) is 0 Å². The lowest BCUT2D eigenvalue weighted by Gasteiger charge is -2.09. The highest BCUT2D eigenvalue weighted by Crippen LogP contribution is 2.25. The van der Waals surface area contributed by atoms with Gasteiger partial charge in [0.1, 0.15) is 0 Å².